The van der Waals surface area contributed by atoms with Crippen LogP contribution in [0.3, 0.4) is 0 Å². The molecule has 1 aliphatic rings. The quantitative estimate of drug-likeness (QED) is 0.424. The van der Waals surface area contributed by atoms with Crippen molar-refractivity contribution in [2.24, 2.45) is 0 Å². The lowest BCUT2D eigenvalue weighted by molar-refractivity contribution is 0.343. The SMILES string of the molecule is Fc1cccc(Cn2cc(-c3c[nH]c4ncc(-c5cnn(C6CCNCC6)c5)cc34)cn2)c1. The van der Waals surface area contributed by atoms with E-state index in [1.165, 1.54) is 12.1 Å². The molecule has 0 saturated carbocycles. The van der Waals surface area contributed by atoms with Crippen molar-refractivity contribution in [2.75, 3.05) is 13.1 Å². The Bertz CT molecular complexity index is 1410. The van der Waals surface area contributed by atoms with Gasteiger partial charge in [0.25, 0.3) is 0 Å². The Kier molecular flexibility index (Phi) is 4.99. The molecule has 0 aliphatic carbocycles. The Morgan fingerprint density at radius 3 is 2.73 bits per heavy atom. The van der Waals surface area contributed by atoms with E-state index < -0.39 is 0 Å². The number of nitrogens with one attached hydrogen (secondary N) is 2. The summed E-state index contributed by atoms with van der Waals surface area (Å²) in [5.41, 5.74) is 5.83. The van der Waals surface area contributed by atoms with E-state index in [1.54, 1.807) is 6.07 Å². The standard InChI is InChI=1S/C25H24FN7/c26-21-3-1-2-17(8-21)14-32-15-20(12-30-32)24-13-29-25-23(24)9-18(10-28-25)19-11-31-33(16-19)22-4-6-27-7-5-22/h1-3,8-13,15-16,22,27H,4-7,14H2,(H,28,29). The molecule has 5 heterocycles. The number of H-pyrrole nitrogens is 1. The Labute approximate surface area is 190 Å². The molecule has 1 aromatic carbocycles. The topological polar surface area (TPSA) is 76.3 Å². The highest BCUT2D eigenvalue weighted by atomic mass is 19.1. The van der Waals surface area contributed by atoms with Gasteiger partial charge in [0.2, 0.25) is 0 Å². The van der Waals surface area contributed by atoms with Crippen molar-refractivity contribution in [3.05, 3.63) is 78.9 Å². The van der Waals surface area contributed by atoms with Crippen LogP contribution in [-0.2, 0) is 6.54 Å². The minimum atomic E-state index is -0.237. The van der Waals surface area contributed by atoms with Crippen molar-refractivity contribution in [2.45, 2.75) is 25.4 Å². The fraction of sp³-hybridized carbons (Fsp3) is 0.240. The maximum atomic E-state index is 13.5. The number of aromatic amines is 1. The number of benzene rings is 1. The van der Waals surface area contributed by atoms with Gasteiger partial charge < -0.3 is 10.3 Å². The first-order chi connectivity index (χ1) is 16.2. The van der Waals surface area contributed by atoms with E-state index in [4.69, 9.17) is 0 Å². The van der Waals surface area contributed by atoms with Crippen molar-refractivity contribution < 1.29 is 4.39 Å². The van der Waals surface area contributed by atoms with Gasteiger partial charge in [-0.2, -0.15) is 10.2 Å². The summed E-state index contributed by atoms with van der Waals surface area (Å²) in [6.45, 7) is 2.58. The summed E-state index contributed by atoms with van der Waals surface area (Å²) in [5, 5.41) is 13.5. The maximum absolute atomic E-state index is 13.5. The van der Waals surface area contributed by atoms with Crippen molar-refractivity contribution >= 4 is 11.0 Å². The molecule has 8 heteroatoms. The van der Waals surface area contributed by atoms with Gasteiger partial charge in [-0.1, -0.05) is 12.1 Å². The number of piperidine rings is 1. The molecule has 6 rings (SSSR count). The van der Waals surface area contributed by atoms with Crippen LogP contribution in [0.2, 0.25) is 0 Å². The van der Waals surface area contributed by atoms with Gasteiger partial charge in [-0.3, -0.25) is 9.36 Å². The van der Waals surface area contributed by atoms with Gasteiger partial charge in [-0.05, 0) is 49.7 Å². The molecule has 4 aromatic heterocycles. The lowest BCUT2D eigenvalue weighted by atomic mass is 10.1. The molecule has 0 spiro atoms. The van der Waals surface area contributed by atoms with E-state index in [-0.39, 0.29) is 5.82 Å². The van der Waals surface area contributed by atoms with Gasteiger partial charge in [0.1, 0.15) is 11.5 Å². The molecule has 166 valence electrons. The lowest BCUT2D eigenvalue weighted by Gasteiger charge is -2.22. The number of hydrogen-bond donors (Lipinski definition) is 2. The fourth-order valence-electron chi connectivity index (χ4n) is 4.57. The number of nitrogens with zero attached hydrogens (tertiary/aromatic N) is 5. The molecule has 0 atom stereocenters. The van der Waals surface area contributed by atoms with E-state index >= 15 is 0 Å². The number of halogens is 1. The van der Waals surface area contributed by atoms with Crippen LogP contribution in [0.4, 0.5) is 4.39 Å². The van der Waals surface area contributed by atoms with Crippen LogP contribution < -0.4 is 5.32 Å². The van der Waals surface area contributed by atoms with Gasteiger partial charge in [0.15, 0.2) is 0 Å². The van der Waals surface area contributed by atoms with E-state index in [0.29, 0.717) is 12.6 Å². The summed E-state index contributed by atoms with van der Waals surface area (Å²) in [6.07, 6.45) is 13.9. The number of aromatic nitrogens is 6. The smallest absolute Gasteiger partial charge is 0.137 e. The summed E-state index contributed by atoms with van der Waals surface area (Å²) in [5.74, 6) is -0.237. The largest absolute Gasteiger partial charge is 0.346 e. The first-order valence-electron chi connectivity index (χ1n) is 11.2. The second-order valence-corrected chi connectivity index (χ2v) is 8.57. The Hall–Kier alpha value is -3.78. The predicted octanol–water partition coefficient (Wildman–Crippen LogP) is 4.40. The third-order valence-electron chi connectivity index (χ3n) is 6.33. The number of hydrogen-bond acceptors (Lipinski definition) is 4. The van der Waals surface area contributed by atoms with Crippen LogP contribution in [0, 0.1) is 5.82 Å². The van der Waals surface area contributed by atoms with Crippen molar-refractivity contribution in [3.8, 4) is 22.3 Å². The molecule has 0 bridgehead atoms. The zero-order valence-corrected chi connectivity index (χ0v) is 18.1. The lowest BCUT2D eigenvalue weighted by Crippen LogP contribution is -2.29. The molecule has 33 heavy (non-hydrogen) atoms. The average Bonchev–Trinajstić information content (AvgIpc) is 3.59. The van der Waals surface area contributed by atoms with Crippen LogP contribution in [0.25, 0.3) is 33.3 Å². The van der Waals surface area contributed by atoms with Crippen LogP contribution in [0.15, 0.2) is 67.5 Å². The van der Waals surface area contributed by atoms with Crippen LogP contribution in [0.1, 0.15) is 24.4 Å². The van der Waals surface area contributed by atoms with Crippen LogP contribution in [0.5, 0.6) is 0 Å². The first-order valence-corrected chi connectivity index (χ1v) is 11.2. The first kappa shape index (κ1) is 19.9. The summed E-state index contributed by atoms with van der Waals surface area (Å²) in [6, 6.07) is 9.20. The molecular formula is C25H24FN7. The van der Waals surface area contributed by atoms with Crippen molar-refractivity contribution in [3.63, 3.8) is 0 Å². The number of pyridine rings is 1. The van der Waals surface area contributed by atoms with Crippen molar-refractivity contribution in [1.82, 2.24) is 34.8 Å². The fourth-order valence-corrected chi connectivity index (χ4v) is 4.57. The van der Waals surface area contributed by atoms with Crippen molar-refractivity contribution in [1.29, 1.82) is 0 Å². The highest BCUT2D eigenvalue weighted by Crippen LogP contribution is 2.31. The molecule has 0 radical (unpaired) electrons. The van der Waals surface area contributed by atoms with Gasteiger partial charge in [-0.15, -0.1) is 0 Å². The Morgan fingerprint density at radius 1 is 0.970 bits per heavy atom. The molecular weight excluding hydrogens is 417 g/mol. The summed E-state index contributed by atoms with van der Waals surface area (Å²) in [7, 11) is 0. The molecule has 1 fully saturated rings. The van der Waals surface area contributed by atoms with Crippen LogP contribution in [-0.4, -0.2) is 42.6 Å². The second-order valence-electron chi connectivity index (χ2n) is 8.57. The van der Waals surface area contributed by atoms with E-state index in [2.05, 4.69) is 42.4 Å². The minimum absolute atomic E-state index is 0.237. The summed E-state index contributed by atoms with van der Waals surface area (Å²) < 4.78 is 17.4. The zero-order valence-electron chi connectivity index (χ0n) is 18.1. The number of rotatable bonds is 5. The van der Waals surface area contributed by atoms with Crippen LogP contribution >= 0.6 is 0 Å². The second kappa shape index (κ2) is 8.29. The average molecular weight is 442 g/mol. The van der Waals surface area contributed by atoms with E-state index in [9.17, 15) is 4.39 Å². The zero-order chi connectivity index (χ0) is 22.2. The molecule has 1 saturated heterocycles. The Balaban J connectivity index is 1.29. The monoisotopic (exact) mass is 441 g/mol. The Morgan fingerprint density at radius 2 is 1.85 bits per heavy atom. The third kappa shape index (κ3) is 3.93. The van der Waals surface area contributed by atoms with E-state index in [0.717, 1.165) is 64.8 Å². The molecule has 2 N–H and O–H groups in total. The minimum Gasteiger partial charge on any atom is -0.346 e. The predicted molar refractivity (Wildman–Crippen MR) is 125 cm³/mol. The summed E-state index contributed by atoms with van der Waals surface area (Å²) in [4.78, 5) is 7.90. The summed E-state index contributed by atoms with van der Waals surface area (Å²) >= 11 is 0. The van der Waals surface area contributed by atoms with Gasteiger partial charge in [-0.25, -0.2) is 9.37 Å². The number of fused-ring (bicyclic) bond motifs is 1. The molecule has 1 aliphatic heterocycles. The van der Waals surface area contributed by atoms with Gasteiger partial charge in [0, 0.05) is 52.4 Å². The highest BCUT2D eigenvalue weighted by Gasteiger charge is 2.17. The molecule has 0 amide bonds. The van der Waals surface area contributed by atoms with E-state index in [1.807, 2.05) is 41.7 Å². The molecule has 5 aromatic rings. The normalized spacial score (nSPS) is 14.8. The third-order valence-corrected chi connectivity index (χ3v) is 6.33. The highest BCUT2D eigenvalue weighted by molar-refractivity contribution is 5.95. The molecule has 0 unspecified atom stereocenters. The van der Waals surface area contributed by atoms with Gasteiger partial charge in [0.05, 0.1) is 25.0 Å². The maximum Gasteiger partial charge on any atom is 0.137 e. The molecule has 7 nitrogen and oxygen atoms in total. The van der Waals surface area contributed by atoms with Gasteiger partial charge >= 0.3 is 0 Å².